The SMILES string of the molecule is CC(C)CNCC(O)c1cc(Br)c2c(c1)OCCCO2. The van der Waals surface area contributed by atoms with Crippen LogP contribution < -0.4 is 14.8 Å². The molecule has 0 bridgehead atoms. The molecule has 2 N–H and O–H groups in total. The van der Waals surface area contributed by atoms with Crippen molar-refractivity contribution in [1.82, 2.24) is 5.32 Å². The molecule has 1 heterocycles. The molecule has 2 rings (SSSR count). The van der Waals surface area contributed by atoms with E-state index in [1.807, 2.05) is 12.1 Å². The lowest BCUT2D eigenvalue weighted by atomic mass is 10.1. The van der Waals surface area contributed by atoms with E-state index in [0.29, 0.717) is 31.4 Å². The Morgan fingerprint density at radius 1 is 1.25 bits per heavy atom. The minimum atomic E-state index is -0.554. The summed E-state index contributed by atoms with van der Waals surface area (Å²) < 4.78 is 12.2. The van der Waals surface area contributed by atoms with Crippen LogP contribution in [0.3, 0.4) is 0 Å². The molecule has 0 amide bonds. The van der Waals surface area contributed by atoms with Gasteiger partial charge in [-0.05, 0) is 46.1 Å². The predicted molar refractivity (Wildman–Crippen MR) is 82.4 cm³/mol. The Hall–Kier alpha value is -0.780. The topological polar surface area (TPSA) is 50.7 Å². The van der Waals surface area contributed by atoms with Crippen molar-refractivity contribution in [3.63, 3.8) is 0 Å². The van der Waals surface area contributed by atoms with E-state index in [2.05, 4.69) is 35.1 Å². The van der Waals surface area contributed by atoms with Crippen LogP contribution in [0.1, 0.15) is 31.9 Å². The Morgan fingerprint density at radius 2 is 2.00 bits per heavy atom. The van der Waals surface area contributed by atoms with Crippen molar-refractivity contribution in [3.8, 4) is 11.5 Å². The summed E-state index contributed by atoms with van der Waals surface area (Å²) in [5.74, 6) is 2.00. The number of halogens is 1. The number of nitrogens with one attached hydrogen (secondary N) is 1. The largest absolute Gasteiger partial charge is 0.490 e. The van der Waals surface area contributed by atoms with Crippen molar-refractivity contribution in [2.45, 2.75) is 26.4 Å². The average molecular weight is 344 g/mol. The van der Waals surface area contributed by atoms with Gasteiger partial charge in [0.2, 0.25) is 0 Å². The zero-order chi connectivity index (χ0) is 14.5. The molecule has 0 spiro atoms. The van der Waals surface area contributed by atoms with Crippen molar-refractivity contribution in [2.75, 3.05) is 26.3 Å². The minimum Gasteiger partial charge on any atom is -0.490 e. The molecular weight excluding hydrogens is 322 g/mol. The number of aliphatic hydroxyl groups is 1. The highest BCUT2D eigenvalue weighted by atomic mass is 79.9. The summed E-state index contributed by atoms with van der Waals surface area (Å²) in [6.07, 6.45) is 0.316. The smallest absolute Gasteiger partial charge is 0.175 e. The lowest BCUT2D eigenvalue weighted by Gasteiger charge is -2.16. The molecule has 1 aromatic rings. The van der Waals surface area contributed by atoms with Crippen LogP contribution >= 0.6 is 15.9 Å². The van der Waals surface area contributed by atoms with Gasteiger partial charge in [-0.3, -0.25) is 0 Å². The maximum absolute atomic E-state index is 10.3. The Bertz CT molecular complexity index is 451. The van der Waals surface area contributed by atoms with Crippen molar-refractivity contribution in [3.05, 3.63) is 22.2 Å². The van der Waals surface area contributed by atoms with Crippen LogP contribution in [0.25, 0.3) is 0 Å². The fourth-order valence-corrected chi connectivity index (χ4v) is 2.64. The van der Waals surface area contributed by atoms with Crippen molar-refractivity contribution < 1.29 is 14.6 Å². The number of ether oxygens (including phenoxy) is 2. The molecule has 0 saturated heterocycles. The van der Waals surface area contributed by atoms with Crippen molar-refractivity contribution in [1.29, 1.82) is 0 Å². The van der Waals surface area contributed by atoms with Gasteiger partial charge < -0.3 is 19.9 Å². The van der Waals surface area contributed by atoms with Crippen LogP contribution in [-0.4, -0.2) is 31.4 Å². The molecular formula is C15H22BrNO3. The summed E-state index contributed by atoms with van der Waals surface area (Å²) in [5.41, 5.74) is 0.831. The number of fused-ring (bicyclic) bond motifs is 1. The minimum absolute atomic E-state index is 0.532. The number of hydrogen-bond acceptors (Lipinski definition) is 4. The van der Waals surface area contributed by atoms with Crippen LogP contribution in [-0.2, 0) is 0 Å². The van der Waals surface area contributed by atoms with E-state index in [9.17, 15) is 5.11 Å². The maximum atomic E-state index is 10.3. The zero-order valence-corrected chi connectivity index (χ0v) is 13.6. The van der Waals surface area contributed by atoms with Gasteiger partial charge in [0.25, 0.3) is 0 Å². The number of benzene rings is 1. The Morgan fingerprint density at radius 3 is 2.75 bits per heavy atom. The van der Waals surface area contributed by atoms with Gasteiger partial charge in [0.05, 0.1) is 23.8 Å². The predicted octanol–water partition coefficient (Wildman–Crippen LogP) is 2.89. The molecule has 112 valence electrons. The third-order valence-corrected chi connectivity index (χ3v) is 3.69. The second kappa shape index (κ2) is 7.29. The number of hydrogen-bond donors (Lipinski definition) is 2. The summed E-state index contributed by atoms with van der Waals surface area (Å²) in [6, 6.07) is 3.77. The number of aliphatic hydroxyl groups excluding tert-OH is 1. The van der Waals surface area contributed by atoms with E-state index in [1.165, 1.54) is 0 Å². The van der Waals surface area contributed by atoms with Gasteiger partial charge in [-0.1, -0.05) is 13.8 Å². The second-order valence-corrected chi connectivity index (χ2v) is 6.30. The average Bonchev–Trinajstić information content (AvgIpc) is 2.63. The number of rotatable bonds is 5. The quantitative estimate of drug-likeness (QED) is 0.863. The van der Waals surface area contributed by atoms with Crippen molar-refractivity contribution in [2.24, 2.45) is 5.92 Å². The van der Waals surface area contributed by atoms with Gasteiger partial charge in [0.15, 0.2) is 11.5 Å². The van der Waals surface area contributed by atoms with Crippen LogP contribution in [0.2, 0.25) is 0 Å². The summed E-state index contributed by atoms with van der Waals surface area (Å²) in [6.45, 7) is 7.01. The molecule has 0 saturated carbocycles. The summed E-state index contributed by atoms with van der Waals surface area (Å²) in [4.78, 5) is 0. The molecule has 1 aliphatic heterocycles. The summed E-state index contributed by atoms with van der Waals surface area (Å²) in [5, 5.41) is 13.5. The zero-order valence-electron chi connectivity index (χ0n) is 12.0. The third-order valence-electron chi connectivity index (χ3n) is 3.10. The van der Waals surface area contributed by atoms with Gasteiger partial charge in [0.1, 0.15) is 0 Å². The maximum Gasteiger partial charge on any atom is 0.175 e. The first-order chi connectivity index (χ1) is 9.58. The fourth-order valence-electron chi connectivity index (χ4n) is 2.07. The molecule has 1 aliphatic rings. The highest BCUT2D eigenvalue weighted by Gasteiger charge is 2.18. The van der Waals surface area contributed by atoms with Gasteiger partial charge in [-0.2, -0.15) is 0 Å². The molecule has 1 atom stereocenters. The van der Waals surface area contributed by atoms with Gasteiger partial charge in [0, 0.05) is 13.0 Å². The van der Waals surface area contributed by atoms with Gasteiger partial charge in [-0.15, -0.1) is 0 Å². The van der Waals surface area contributed by atoms with Gasteiger partial charge >= 0.3 is 0 Å². The highest BCUT2D eigenvalue weighted by Crippen LogP contribution is 2.39. The Balaban J connectivity index is 2.08. The van der Waals surface area contributed by atoms with E-state index in [0.717, 1.165) is 28.8 Å². The lowest BCUT2D eigenvalue weighted by Crippen LogP contribution is -2.25. The fraction of sp³-hybridized carbons (Fsp3) is 0.600. The van der Waals surface area contributed by atoms with E-state index in [4.69, 9.17) is 9.47 Å². The summed E-state index contributed by atoms with van der Waals surface area (Å²) in [7, 11) is 0. The molecule has 1 unspecified atom stereocenters. The van der Waals surface area contributed by atoms with E-state index in [1.54, 1.807) is 0 Å². The molecule has 0 aliphatic carbocycles. The third kappa shape index (κ3) is 4.11. The molecule has 5 heteroatoms. The van der Waals surface area contributed by atoms with Crippen LogP contribution in [0.5, 0.6) is 11.5 Å². The van der Waals surface area contributed by atoms with Crippen LogP contribution in [0.15, 0.2) is 16.6 Å². The second-order valence-electron chi connectivity index (χ2n) is 5.45. The molecule has 4 nitrogen and oxygen atoms in total. The van der Waals surface area contributed by atoms with Crippen LogP contribution in [0.4, 0.5) is 0 Å². The lowest BCUT2D eigenvalue weighted by molar-refractivity contribution is 0.173. The standard InChI is InChI=1S/C15H22BrNO3/c1-10(2)8-17-9-13(18)11-6-12(16)15-14(7-11)19-4-3-5-20-15/h6-7,10,13,17-18H,3-5,8-9H2,1-2H3. The summed E-state index contributed by atoms with van der Waals surface area (Å²) >= 11 is 3.49. The molecule has 0 radical (unpaired) electrons. The van der Waals surface area contributed by atoms with Crippen molar-refractivity contribution >= 4 is 15.9 Å². The first-order valence-electron chi connectivity index (χ1n) is 7.05. The first kappa shape index (κ1) is 15.6. The highest BCUT2D eigenvalue weighted by molar-refractivity contribution is 9.10. The van der Waals surface area contributed by atoms with Crippen LogP contribution in [0, 0.1) is 5.92 Å². The molecule has 0 fully saturated rings. The molecule has 0 aromatic heterocycles. The van der Waals surface area contributed by atoms with E-state index < -0.39 is 6.10 Å². The Kier molecular flexibility index (Phi) is 5.69. The molecule has 1 aromatic carbocycles. The normalized spacial score (nSPS) is 16.1. The van der Waals surface area contributed by atoms with E-state index >= 15 is 0 Å². The monoisotopic (exact) mass is 343 g/mol. The molecule has 20 heavy (non-hydrogen) atoms. The first-order valence-corrected chi connectivity index (χ1v) is 7.85. The van der Waals surface area contributed by atoms with Gasteiger partial charge in [-0.25, -0.2) is 0 Å². The van der Waals surface area contributed by atoms with E-state index in [-0.39, 0.29) is 0 Å². The Labute approximate surface area is 128 Å².